The van der Waals surface area contributed by atoms with E-state index in [0.717, 1.165) is 19.4 Å². The van der Waals surface area contributed by atoms with E-state index in [9.17, 15) is 14.9 Å². The maximum absolute atomic E-state index is 11.3. The van der Waals surface area contributed by atoms with E-state index in [1.165, 1.54) is 12.1 Å². The van der Waals surface area contributed by atoms with Crippen LogP contribution in [0.25, 0.3) is 0 Å². The van der Waals surface area contributed by atoms with Crippen molar-refractivity contribution in [3.63, 3.8) is 0 Å². The highest BCUT2D eigenvalue weighted by atomic mass is 16.6. The van der Waals surface area contributed by atoms with Crippen molar-refractivity contribution < 1.29 is 19.2 Å². The van der Waals surface area contributed by atoms with E-state index in [4.69, 9.17) is 9.47 Å². The predicted octanol–water partition coefficient (Wildman–Crippen LogP) is 1.06. The first kappa shape index (κ1) is 13.6. The molecule has 2 N–H and O–H groups in total. The second-order valence-electron chi connectivity index (χ2n) is 5.01. The molecule has 21 heavy (non-hydrogen) atoms. The van der Waals surface area contributed by atoms with Crippen LogP contribution in [0, 0.1) is 10.1 Å². The van der Waals surface area contributed by atoms with Crippen molar-refractivity contribution in [2.24, 2.45) is 0 Å². The first-order valence-electron chi connectivity index (χ1n) is 6.75. The van der Waals surface area contributed by atoms with Crippen LogP contribution in [0.4, 0.5) is 11.4 Å². The summed E-state index contributed by atoms with van der Waals surface area (Å²) in [6.45, 7) is 1.15. The van der Waals surface area contributed by atoms with Gasteiger partial charge >= 0.3 is 5.69 Å². The van der Waals surface area contributed by atoms with Gasteiger partial charge in [0.1, 0.15) is 6.61 Å². The highest BCUT2D eigenvalue weighted by Gasteiger charge is 2.25. The van der Waals surface area contributed by atoms with Gasteiger partial charge in [-0.15, -0.1) is 0 Å². The van der Waals surface area contributed by atoms with Crippen molar-refractivity contribution in [2.75, 3.05) is 25.1 Å². The molecule has 2 aliphatic rings. The van der Waals surface area contributed by atoms with Crippen LogP contribution in [0.15, 0.2) is 12.1 Å². The molecule has 1 saturated heterocycles. The number of nitrogens with one attached hydrogen (secondary N) is 2. The summed E-state index contributed by atoms with van der Waals surface area (Å²) in [4.78, 5) is 21.9. The smallest absolute Gasteiger partial charge is 0.314 e. The number of nitro groups is 1. The zero-order valence-electron chi connectivity index (χ0n) is 11.3. The van der Waals surface area contributed by atoms with Gasteiger partial charge in [-0.2, -0.15) is 0 Å². The van der Waals surface area contributed by atoms with Gasteiger partial charge in [-0.3, -0.25) is 14.9 Å². The number of nitrogens with zero attached hydrogens (tertiary/aromatic N) is 1. The van der Waals surface area contributed by atoms with Gasteiger partial charge in [0.05, 0.1) is 16.7 Å². The standard InChI is InChI=1S/C13H15N3O5/c17-13-7-21-11-5-10(16(18)19)12(4-9(11)15-13)20-6-8-2-1-3-14-8/h4-5,8,14H,1-3,6-7H2,(H,15,17). The largest absolute Gasteiger partial charge is 0.485 e. The zero-order valence-corrected chi connectivity index (χ0v) is 11.3. The predicted molar refractivity (Wildman–Crippen MR) is 73.7 cm³/mol. The minimum absolute atomic E-state index is 0.137. The van der Waals surface area contributed by atoms with Gasteiger partial charge in [0.25, 0.3) is 5.91 Å². The van der Waals surface area contributed by atoms with Crippen LogP contribution in [-0.4, -0.2) is 36.6 Å². The van der Waals surface area contributed by atoms with E-state index < -0.39 is 4.92 Å². The van der Waals surface area contributed by atoms with Crippen molar-refractivity contribution in [1.82, 2.24) is 5.32 Å². The molecule has 2 aliphatic heterocycles. The molecule has 1 fully saturated rings. The molecule has 2 heterocycles. The molecule has 1 atom stereocenters. The quantitative estimate of drug-likeness (QED) is 0.635. The molecule has 0 bridgehead atoms. The lowest BCUT2D eigenvalue weighted by Gasteiger charge is -2.19. The van der Waals surface area contributed by atoms with Crippen molar-refractivity contribution in [1.29, 1.82) is 0 Å². The number of rotatable bonds is 4. The Morgan fingerprint density at radius 2 is 2.33 bits per heavy atom. The zero-order chi connectivity index (χ0) is 14.8. The number of ether oxygens (including phenoxy) is 2. The number of benzene rings is 1. The molecule has 8 nitrogen and oxygen atoms in total. The molecule has 0 saturated carbocycles. The van der Waals surface area contributed by atoms with E-state index in [2.05, 4.69) is 10.6 Å². The number of hydrogen-bond donors (Lipinski definition) is 2. The maximum Gasteiger partial charge on any atom is 0.314 e. The molecule has 112 valence electrons. The van der Waals surface area contributed by atoms with Crippen molar-refractivity contribution >= 4 is 17.3 Å². The lowest BCUT2D eigenvalue weighted by Crippen LogP contribution is -2.28. The van der Waals surface area contributed by atoms with Gasteiger partial charge in [-0.25, -0.2) is 0 Å². The van der Waals surface area contributed by atoms with Gasteiger partial charge in [0, 0.05) is 12.1 Å². The molecule has 1 aromatic carbocycles. The summed E-state index contributed by atoms with van der Waals surface area (Å²) >= 11 is 0. The minimum atomic E-state index is -0.516. The molecule has 1 aromatic rings. The van der Waals surface area contributed by atoms with Crippen LogP contribution >= 0.6 is 0 Å². The van der Waals surface area contributed by atoms with Crippen molar-refractivity contribution in [3.05, 3.63) is 22.2 Å². The Morgan fingerprint density at radius 3 is 3.05 bits per heavy atom. The summed E-state index contributed by atoms with van der Waals surface area (Å²) in [7, 11) is 0. The Labute approximate surface area is 120 Å². The lowest BCUT2D eigenvalue weighted by atomic mass is 10.2. The van der Waals surface area contributed by atoms with Crippen LogP contribution in [0.3, 0.4) is 0 Å². The number of amides is 1. The summed E-state index contributed by atoms with van der Waals surface area (Å²) in [6, 6.07) is 2.93. The number of fused-ring (bicyclic) bond motifs is 1. The monoisotopic (exact) mass is 293 g/mol. The summed E-state index contributed by atoms with van der Waals surface area (Å²) < 4.78 is 10.7. The average Bonchev–Trinajstić information content (AvgIpc) is 2.97. The van der Waals surface area contributed by atoms with Gasteiger partial charge in [-0.05, 0) is 19.4 Å². The summed E-state index contributed by atoms with van der Waals surface area (Å²) in [5.41, 5.74) is 0.231. The molecule has 0 radical (unpaired) electrons. The highest BCUT2D eigenvalue weighted by Crippen LogP contribution is 2.39. The third-order valence-corrected chi connectivity index (χ3v) is 3.49. The number of nitro benzene ring substituents is 1. The van der Waals surface area contributed by atoms with E-state index in [-0.39, 0.29) is 35.7 Å². The van der Waals surface area contributed by atoms with E-state index in [0.29, 0.717) is 12.3 Å². The van der Waals surface area contributed by atoms with Crippen LogP contribution < -0.4 is 20.1 Å². The normalized spacial score (nSPS) is 20.4. The number of hydrogen-bond acceptors (Lipinski definition) is 6. The van der Waals surface area contributed by atoms with Crippen molar-refractivity contribution in [3.8, 4) is 11.5 Å². The lowest BCUT2D eigenvalue weighted by molar-refractivity contribution is -0.385. The van der Waals surface area contributed by atoms with Gasteiger partial charge in [0.2, 0.25) is 0 Å². The van der Waals surface area contributed by atoms with Crippen LogP contribution in [0.1, 0.15) is 12.8 Å². The molecule has 0 aromatic heterocycles. The minimum Gasteiger partial charge on any atom is -0.485 e. The third kappa shape index (κ3) is 2.89. The van der Waals surface area contributed by atoms with E-state index >= 15 is 0 Å². The molecule has 1 unspecified atom stereocenters. The number of carbonyl (C=O) groups is 1. The SMILES string of the molecule is O=C1COc2cc([N+](=O)[O-])c(OCC3CCCN3)cc2N1. The molecular weight excluding hydrogens is 278 g/mol. The molecule has 8 heteroatoms. The Balaban J connectivity index is 1.84. The fraction of sp³-hybridized carbons (Fsp3) is 0.462. The second kappa shape index (κ2) is 5.57. The summed E-state index contributed by atoms with van der Waals surface area (Å²) in [5, 5.41) is 17.0. The first-order valence-corrected chi connectivity index (χ1v) is 6.75. The Kier molecular flexibility index (Phi) is 3.61. The Bertz CT molecular complexity index is 583. The summed E-state index contributed by atoms with van der Waals surface area (Å²) in [5.74, 6) is 0.130. The number of anilines is 1. The second-order valence-corrected chi connectivity index (χ2v) is 5.01. The van der Waals surface area contributed by atoms with Crippen molar-refractivity contribution in [2.45, 2.75) is 18.9 Å². The average molecular weight is 293 g/mol. The van der Waals surface area contributed by atoms with E-state index in [1.807, 2.05) is 0 Å². The van der Waals surface area contributed by atoms with Gasteiger partial charge < -0.3 is 20.1 Å². The maximum atomic E-state index is 11.3. The highest BCUT2D eigenvalue weighted by molar-refractivity contribution is 5.96. The molecular formula is C13H15N3O5. The van der Waals surface area contributed by atoms with Gasteiger partial charge in [-0.1, -0.05) is 0 Å². The van der Waals surface area contributed by atoms with Crippen LogP contribution in [0.2, 0.25) is 0 Å². The van der Waals surface area contributed by atoms with Gasteiger partial charge in [0.15, 0.2) is 18.1 Å². The third-order valence-electron chi connectivity index (χ3n) is 3.49. The first-order chi connectivity index (χ1) is 10.1. The Hall–Kier alpha value is -2.35. The molecule has 3 rings (SSSR count). The molecule has 0 aliphatic carbocycles. The van der Waals surface area contributed by atoms with Crippen LogP contribution in [-0.2, 0) is 4.79 Å². The van der Waals surface area contributed by atoms with E-state index in [1.54, 1.807) is 0 Å². The topological polar surface area (TPSA) is 103 Å². The molecule has 1 amide bonds. The Morgan fingerprint density at radius 1 is 1.48 bits per heavy atom. The fourth-order valence-electron chi connectivity index (χ4n) is 2.44. The number of carbonyl (C=O) groups excluding carboxylic acids is 1. The molecule has 0 spiro atoms. The van der Waals surface area contributed by atoms with Crippen LogP contribution in [0.5, 0.6) is 11.5 Å². The fourth-order valence-corrected chi connectivity index (χ4v) is 2.44. The summed E-state index contributed by atoms with van der Waals surface area (Å²) in [6.07, 6.45) is 2.06.